The summed E-state index contributed by atoms with van der Waals surface area (Å²) >= 11 is 0. The number of halogens is 1. The monoisotopic (exact) mass is 300 g/mol. The van der Waals surface area contributed by atoms with Crippen molar-refractivity contribution in [2.24, 2.45) is 0 Å². The van der Waals surface area contributed by atoms with Gasteiger partial charge in [0.1, 0.15) is 0 Å². The smallest absolute Gasteiger partial charge is 0.305 e. The predicted octanol–water partition coefficient (Wildman–Crippen LogP) is 2.22. The van der Waals surface area contributed by atoms with E-state index in [0.29, 0.717) is 38.4 Å². The van der Waals surface area contributed by atoms with Crippen LogP contribution in [-0.2, 0) is 16.0 Å². The molecule has 0 amide bonds. The van der Waals surface area contributed by atoms with Crippen molar-refractivity contribution >= 4 is 5.69 Å². The Bertz CT molecular complexity index is 457. The normalized spacial score (nSPS) is 11.0. The van der Waals surface area contributed by atoms with Crippen LogP contribution in [0.15, 0.2) is 18.2 Å². The molecule has 0 bridgehead atoms. The van der Waals surface area contributed by atoms with E-state index in [1.54, 1.807) is 20.3 Å². The van der Waals surface area contributed by atoms with Gasteiger partial charge < -0.3 is 9.47 Å². The van der Waals surface area contributed by atoms with Crippen LogP contribution in [0.3, 0.4) is 0 Å². The average molecular weight is 300 g/mol. The SMILES string of the molecule is COCCCN(CCOC)Cc1cccc([N+](=O)[O-])c1F. The Kier molecular flexibility index (Phi) is 7.81. The number of hydrogen-bond donors (Lipinski definition) is 0. The largest absolute Gasteiger partial charge is 0.385 e. The Balaban J connectivity index is 2.77. The van der Waals surface area contributed by atoms with Crippen LogP contribution in [0.2, 0.25) is 0 Å². The van der Waals surface area contributed by atoms with Crippen molar-refractivity contribution in [1.29, 1.82) is 0 Å². The Morgan fingerprint density at radius 2 is 1.95 bits per heavy atom. The number of methoxy groups -OCH3 is 2. The third-order valence-corrected chi connectivity index (χ3v) is 3.08. The van der Waals surface area contributed by atoms with E-state index >= 15 is 0 Å². The van der Waals surface area contributed by atoms with E-state index in [1.807, 2.05) is 4.90 Å². The summed E-state index contributed by atoms with van der Waals surface area (Å²) in [6, 6.07) is 4.24. The van der Waals surface area contributed by atoms with E-state index in [2.05, 4.69) is 0 Å². The summed E-state index contributed by atoms with van der Waals surface area (Å²) in [5.41, 5.74) is -0.172. The number of hydrogen-bond acceptors (Lipinski definition) is 5. The van der Waals surface area contributed by atoms with Crippen molar-refractivity contribution in [1.82, 2.24) is 4.90 Å². The third-order valence-electron chi connectivity index (χ3n) is 3.08. The van der Waals surface area contributed by atoms with Crippen LogP contribution in [0.4, 0.5) is 10.1 Å². The second kappa shape index (κ2) is 9.38. The lowest BCUT2D eigenvalue weighted by molar-refractivity contribution is -0.387. The van der Waals surface area contributed by atoms with Gasteiger partial charge in [-0.2, -0.15) is 4.39 Å². The number of benzene rings is 1. The molecule has 1 rings (SSSR count). The molecular weight excluding hydrogens is 279 g/mol. The molecule has 0 fully saturated rings. The van der Waals surface area contributed by atoms with Crippen molar-refractivity contribution in [2.75, 3.05) is 40.5 Å². The summed E-state index contributed by atoms with van der Waals surface area (Å²) in [4.78, 5) is 12.0. The van der Waals surface area contributed by atoms with Gasteiger partial charge in [0.05, 0.1) is 11.5 Å². The first-order chi connectivity index (χ1) is 10.1. The molecular formula is C14H21FN2O4. The van der Waals surface area contributed by atoms with E-state index in [4.69, 9.17) is 9.47 Å². The lowest BCUT2D eigenvalue weighted by Gasteiger charge is -2.22. The standard InChI is InChI=1S/C14H21FN2O4/c1-20-9-4-7-16(8-10-21-2)11-12-5-3-6-13(14(12)15)17(18)19/h3,5-6H,4,7-11H2,1-2H3. The molecule has 0 N–H and O–H groups in total. The zero-order valence-electron chi connectivity index (χ0n) is 12.4. The van der Waals surface area contributed by atoms with Gasteiger partial charge in [-0.3, -0.25) is 15.0 Å². The lowest BCUT2D eigenvalue weighted by Crippen LogP contribution is -2.29. The van der Waals surface area contributed by atoms with Gasteiger partial charge in [0.25, 0.3) is 0 Å². The van der Waals surface area contributed by atoms with Crippen molar-refractivity contribution in [3.8, 4) is 0 Å². The number of nitro groups is 1. The fraction of sp³-hybridized carbons (Fsp3) is 0.571. The van der Waals surface area contributed by atoms with Crippen LogP contribution in [0.5, 0.6) is 0 Å². The Morgan fingerprint density at radius 1 is 1.24 bits per heavy atom. The molecule has 0 aliphatic rings. The number of nitrogens with zero attached hydrogens (tertiary/aromatic N) is 2. The van der Waals surface area contributed by atoms with E-state index < -0.39 is 16.4 Å². The van der Waals surface area contributed by atoms with Gasteiger partial charge in [-0.25, -0.2) is 0 Å². The summed E-state index contributed by atoms with van der Waals surface area (Å²) < 4.78 is 24.1. The maximum absolute atomic E-state index is 14.1. The molecule has 0 heterocycles. The maximum Gasteiger partial charge on any atom is 0.305 e. The highest BCUT2D eigenvalue weighted by Crippen LogP contribution is 2.21. The van der Waals surface area contributed by atoms with Crippen LogP contribution < -0.4 is 0 Å². The fourth-order valence-electron chi connectivity index (χ4n) is 1.99. The first kappa shape index (κ1) is 17.5. The summed E-state index contributed by atoms with van der Waals surface area (Å²) in [6.45, 7) is 2.77. The van der Waals surface area contributed by atoms with Crippen molar-refractivity contribution in [3.63, 3.8) is 0 Å². The molecule has 21 heavy (non-hydrogen) atoms. The fourth-order valence-corrected chi connectivity index (χ4v) is 1.99. The average Bonchev–Trinajstić information content (AvgIpc) is 2.46. The first-order valence-corrected chi connectivity index (χ1v) is 6.72. The quantitative estimate of drug-likeness (QED) is 0.376. The van der Waals surface area contributed by atoms with Crippen molar-refractivity contribution in [3.05, 3.63) is 39.7 Å². The van der Waals surface area contributed by atoms with Crippen molar-refractivity contribution in [2.45, 2.75) is 13.0 Å². The highest BCUT2D eigenvalue weighted by Gasteiger charge is 2.18. The molecule has 7 heteroatoms. The zero-order chi connectivity index (χ0) is 15.7. The van der Waals surface area contributed by atoms with E-state index in [9.17, 15) is 14.5 Å². The topological polar surface area (TPSA) is 64.8 Å². The van der Waals surface area contributed by atoms with Crippen LogP contribution >= 0.6 is 0 Å². The molecule has 1 aromatic rings. The molecule has 0 aliphatic carbocycles. The number of ether oxygens (including phenoxy) is 2. The Labute approximate surface area is 123 Å². The Morgan fingerprint density at radius 3 is 2.57 bits per heavy atom. The maximum atomic E-state index is 14.1. The van der Waals surface area contributed by atoms with Gasteiger partial charge in [0, 0.05) is 52.1 Å². The highest BCUT2D eigenvalue weighted by molar-refractivity contribution is 5.36. The minimum absolute atomic E-state index is 0.306. The van der Waals surface area contributed by atoms with E-state index in [-0.39, 0.29) is 0 Å². The summed E-state index contributed by atoms with van der Waals surface area (Å²) in [5, 5.41) is 10.8. The van der Waals surface area contributed by atoms with Gasteiger partial charge in [0.2, 0.25) is 5.82 Å². The van der Waals surface area contributed by atoms with Gasteiger partial charge >= 0.3 is 5.69 Å². The lowest BCUT2D eigenvalue weighted by atomic mass is 10.1. The number of nitro benzene ring substituents is 1. The van der Waals surface area contributed by atoms with E-state index in [1.165, 1.54) is 12.1 Å². The number of rotatable bonds is 10. The molecule has 0 unspecified atom stereocenters. The first-order valence-electron chi connectivity index (χ1n) is 6.72. The van der Waals surface area contributed by atoms with Crippen LogP contribution in [0.25, 0.3) is 0 Å². The zero-order valence-corrected chi connectivity index (χ0v) is 12.4. The molecule has 0 spiro atoms. The summed E-state index contributed by atoms with van der Waals surface area (Å²) in [7, 11) is 3.22. The molecule has 6 nitrogen and oxygen atoms in total. The van der Waals surface area contributed by atoms with Crippen LogP contribution in [0, 0.1) is 15.9 Å². The molecule has 0 aliphatic heterocycles. The molecule has 118 valence electrons. The molecule has 0 radical (unpaired) electrons. The third kappa shape index (κ3) is 5.74. The van der Waals surface area contributed by atoms with Crippen molar-refractivity contribution < 1.29 is 18.8 Å². The van der Waals surface area contributed by atoms with Gasteiger partial charge in [-0.1, -0.05) is 12.1 Å². The van der Waals surface area contributed by atoms with Crippen LogP contribution in [0.1, 0.15) is 12.0 Å². The molecule has 0 saturated heterocycles. The predicted molar refractivity (Wildman–Crippen MR) is 76.7 cm³/mol. The van der Waals surface area contributed by atoms with Gasteiger partial charge in [-0.05, 0) is 6.42 Å². The minimum Gasteiger partial charge on any atom is -0.385 e. The molecule has 1 aromatic carbocycles. The molecule has 0 atom stereocenters. The van der Waals surface area contributed by atoms with E-state index in [0.717, 1.165) is 6.42 Å². The molecule has 0 saturated carbocycles. The minimum atomic E-state index is -0.767. The van der Waals surface area contributed by atoms with Gasteiger partial charge in [-0.15, -0.1) is 0 Å². The molecule has 0 aromatic heterocycles. The second-order valence-electron chi connectivity index (χ2n) is 4.62. The second-order valence-corrected chi connectivity index (χ2v) is 4.62. The summed E-state index contributed by atoms with van der Waals surface area (Å²) in [6.07, 6.45) is 0.802. The highest BCUT2D eigenvalue weighted by atomic mass is 19.1. The summed E-state index contributed by atoms with van der Waals surface area (Å²) in [5.74, 6) is -0.767. The Hall–Kier alpha value is -1.57. The van der Waals surface area contributed by atoms with Crippen LogP contribution in [-0.4, -0.2) is 50.3 Å². The van der Waals surface area contributed by atoms with Gasteiger partial charge in [0.15, 0.2) is 0 Å².